The van der Waals surface area contributed by atoms with Crippen LogP contribution >= 0.6 is 0 Å². The highest BCUT2D eigenvalue weighted by Crippen LogP contribution is 2.50. The van der Waals surface area contributed by atoms with E-state index in [1.807, 2.05) is 13.1 Å². The van der Waals surface area contributed by atoms with Crippen LogP contribution in [0, 0.1) is 11.8 Å². The quantitative estimate of drug-likeness (QED) is 0.758. The molecule has 5 rings (SSSR count). The number of nitrogens with one attached hydrogen (secondary N) is 2. The van der Waals surface area contributed by atoms with Gasteiger partial charge >= 0.3 is 5.69 Å². The van der Waals surface area contributed by atoms with Crippen LogP contribution in [-0.4, -0.2) is 36.3 Å². The normalized spacial score (nSPS) is 24.1. The molecule has 3 aromatic heterocycles. The zero-order valence-electron chi connectivity index (χ0n) is 13.4. The zero-order chi connectivity index (χ0) is 16.3. The van der Waals surface area contributed by atoms with Gasteiger partial charge in [0.05, 0.1) is 17.8 Å². The van der Waals surface area contributed by atoms with Crippen molar-refractivity contribution >= 4 is 17.0 Å². The molecule has 124 valence electrons. The first-order valence-electron chi connectivity index (χ1n) is 8.40. The highest BCUT2D eigenvalue weighted by atomic mass is 16.1. The largest absolute Gasteiger partial charge is 0.340 e. The Balaban J connectivity index is 1.62. The van der Waals surface area contributed by atoms with Gasteiger partial charge in [0.25, 0.3) is 0 Å². The van der Waals surface area contributed by atoms with Gasteiger partial charge in [-0.15, -0.1) is 0 Å². The number of hydrogen-bond donors (Lipinski definition) is 2. The van der Waals surface area contributed by atoms with E-state index in [1.165, 1.54) is 12.8 Å². The van der Waals surface area contributed by atoms with Crippen molar-refractivity contribution in [2.24, 2.45) is 18.9 Å². The summed E-state index contributed by atoms with van der Waals surface area (Å²) in [6.07, 6.45) is 7.23. The van der Waals surface area contributed by atoms with Crippen LogP contribution in [0.1, 0.15) is 31.1 Å². The molecule has 1 saturated carbocycles. The number of aromatic amines is 2. The van der Waals surface area contributed by atoms with Crippen LogP contribution < -0.4 is 10.6 Å². The summed E-state index contributed by atoms with van der Waals surface area (Å²) in [5.74, 6) is 2.88. The minimum atomic E-state index is -0.249. The van der Waals surface area contributed by atoms with Crippen LogP contribution in [0.5, 0.6) is 0 Å². The minimum Gasteiger partial charge on any atom is -0.332 e. The number of aromatic nitrogens is 6. The number of imidazole rings is 1. The average Bonchev–Trinajstić information content (AvgIpc) is 3.05. The van der Waals surface area contributed by atoms with E-state index in [-0.39, 0.29) is 11.7 Å². The Bertz CT molecular complexity index is 951. The molecule has 0 radical (unpaired) electrons. The van der Waals surface area contributed by atoms with Gasteiger partial charge < -0.3 is 9.47 Å². The molecule has 0 aromatic carbocycles. The first-order valence-corrected chi connectivity index (χ1v) is 8.40. The number of aryl methyl sites for hydroxylation is 1. The lowest BCUT2D eigenvalue weighted by molar-refractivity contribution is 0.412. The molecule has 4 heterocycles. The van der Waals surface area contributed by atoms with Crippen molar-refractivity contribution in [3.63, 3.8) is 0 Å². The maximum atomic E-state index is 11.6. The van der Waals surface area contributed by atoms with Crippen LogP contribution in [0.15, 0.2) is 23.3 Å². The van der Waals surface area contributed by atoms with Crippen molar-refractivity contribution in [3.05, 3.63) is 34.8 Å². The number of nitrogens with zero attached hydrogens (tertiary/aromatic N) is 5. The molecule has 3 aromatic rings. The maximum absolute atomic E-state index is 11.6. The molecule has 24 heavy (non-hydrogen) atoms. The monoisotopic (exact) mass is 325 g/mol. The van der Waals surface area contributed by atoms with Crippen LogP contribution in [0.2, 0.25) is 0 Å². The molecule has 1 aliphatic heterocycles. The summed E-state index contributed by atoms with van der Waals surface area (Å²) < 4.78 is 2.10. The molecule has 8 heteroatoms. The topological polar surface area (TPSA) is 95.5 Å². The lowest BCUT2D eigenvalue weighted by Crippen LogP contribution is -2.29. The highest BCUT2D eigenvalue weighted by molar-refractivity contribution is 5.77. The minimum absolute atomic E-state index is 0.0694. The Morgan fingerprint density at radius 2 is 2.17 bits per heavy atom. The Morgan fingerprint density at radius 3 is 2.88 bits per heavy atom. The summed E-state index contributed by atoms with van der Waals surface area (Å²) in [6.45, 7) is 0.922. The molecule has 0 amide bonds. The Morgan fingerprint density at radius 1 is 1.29 bits per heavy atom. The van der Waals surface area contributed by atoms with Crippen molar-refractivity contribution in [3.8, 4) is 0 Å². The molecular formula is C16H19N7O. The first-order chi connectivity index (χ1) is 11.7. The van der Waals surface area contributed by atoms with Crippen molar-refractivity contribution in [2.75, 3.05) is 11.4 Å². The number of rotatable bonds is 3. The summed E-state index contributed by atoms with van der Waals surface area (Å²) in [7, 11) is 2.03. The van der Waals surface area contributed by atoms with Gasteiger partial charge in [-0.05, 0) is 37.2 Å². The van der Waals surface area contributed by atoms with Crippen molar-refractivity contribution in [1.82, 2.24) is 29.7 Å². The van der Waals surface area contributed by atoms with Gasteiger partial charge in [-0.3, -0.25) is 9.97 Å². The summed E-state index contributed by atoms with van der Waals surface area (Å²) in [5, 5.41) is 6.75. The van der Waals surface area contributed by atoms with Gasteiger partial charge in [0, 0.05) is 19.8 Å². The average molecular weight is 325 g/mol. The van der Waals surface area contributed by atoms with Crippen molar-refractivity contribution < 1.29 is 0 Å². The molecule has 1 saturated heterocycles. The van der Waals surface area contributed by atoms with Gasteiger partial charge in [0.2, 0.25) is 5.95 Å². The van der Waals surface area contributed by atoms with Crippen molar-refractivity contribution in [2.45, 2.75) is 25.3 Å². The zero-order valence-corrected chi connectivity index (χ0v) is 13.4. The number of anilines is 1. The molecule has 1 aliphatic carbocycles. The third-order valence-electron chi connectivity index (χ3n) is 5.39. The summed E-state index contributed by atoms with van der Waals surface area (Å²) in [5.41, 5.74) is 1.70. The molecule has 0 bridgehead atoms. The lowest BCUT2D eigenvalue weighted by atomic mass is 9.94. The number of H-pyrrole nitrogens is 2. The lowest BCUT2D eigenvalue weighted by Gasteiger charge is -2.27. The van der Waals surface area contributed by atoms with E-state index in [0.717, 1.165) is 41.7 Å². The Kier molecular flexibility index (Phi) is 2.83. The van der Waals surface area contributed by atoms with Gasteiger partial charge in [-0.2, -0.15) is 5.10 Å². The third kappa shape index (κ3) is 1.98. The molecule has 2 fully saturated rings. The fourth-order valence-corrected chi connectivity index (χ4v) is 4.13. The molecule has 2 N–H and O–H groups in total. The smallest absolute Gasteiger partial charge is 0.332 e. The standard InChI is InChI=1S/C16H19N7O/c1-22-12-4-6-17-8-11(12)18-16(22)23-7-5-10(9-2-3-9)13(23)14-19-15(24)21-20-14/h4,6,8-10,13H,2-3,5,7H2,1H3,(H2,19,20,21,24). The second-order valence-corrected chi connectivity index (χ2v) is 6.83. The van der Waals surface area contributed by atoms with E-state index in [1.54, 1.807) is 12.4 Å². The Labute approximate surface area is 137 Å². The Hall–Kier alpha value is -2.64. The molecule has 2 atom stereocenters. The molecule has 2 unspecified atom stereocenters. The van der Waals surface area contributed by atoms with Gasteiger partial charge in [-0.25, -0.2) is 14.9 Å². The van der Waals surface area contributed by atoms with Gasteiger partial charge in [0.1, 0.15) is 5.52 Å². The van der Waals surface area contributed by atoms with Crippen LogP contribution in [-0.2, 0) is 7.05 Å². The number of fused-ring (bicyclic) bond motifs is 1. The first kappa shape index (κ1) is 13.8. The summed E-state index contributed by atoms with van der Waals surface area (Å²) in [4.78, 5) is 25.7. The summed E-state index contributed by atoms with van der Waals surface area (Å²) >= 11 is 0. The van der Waals surface area contributed by atoms with Crippen LogP contribution in [0.3, 0.4) is 0 Å². The molecule has 2 aliphatic rings. The fraction of sp³-hybridized carbons (Fsp3) is 0.500. The molecular weight excluding hydrogens is 306 g/mol. The molecule has 8 nitrogen and oxygen atoms in total. The van der Waals surface area contributed by atoms with E-state index >= 15 is 0 Å². The SMILES string of the molecule is Cn1c(N2CCC(C3CC3)C2c2n[nH]c(=O)[nH]2)nc2cnccc21. The summed E-state index contributed by atoms with van der Waals surface area (Å²) in [6, 6.07) is 2.05. The van der Waals surface area contributed by atoms with Crippen molar-refractivity contribution in [1.29, 1.82) is 0 Å². The van der Waals surface area contributed by atoms with E-state index in [0.29, 0.717) is 5.92 Å². The van der Waals surface area contributed by atoms with E-state index in [9.17, 15) is 4.79 Å². The molecule has 0 spiro atoms. The van der Waals surface area contributed by atoms with Gasteiger partial charge in [-0.1, -0.05) is 0 Å². The van der Waals surface area contributed by atoms with Crippen LogP contribution in [0.25, 0.3) is 11.0 Å². The van der Waals surface area contributed by atoms with E-state index in [4.69, 9.17) is 4.98 Å². The predicted octanol–water partition coefficient (Wildman–Crippen LogP) is 1.36. The maximum Gasteiger partial charge on any atom is 0.340 e. The number of hydrogen-bond acceptors (Lipinski definition) is 5. The van der Waals surface area contributed by atoms with Crippen LogP contribution in [0.4, 0.5) is 5.95 Å². The number of pyridine rings is 1. The predicted molar refractivity (Wildman–Crippen MR) is 88.6 cm³/mol. The fourth-order valence-electron chi connectivity index (χ4n) is 4.13. The van der Waals surface area contributed by atoms with E-state index < -0.39 is 0 Å². The third-order valence-corrected chi connectivity index (χ3v) is 5.39. The highest BCUT2D eigenvalue weighted by Gasteiger charge is 2.46. The van der Waals surface area contributed by atoms with Gasteiger partial charge in [0.15, 0.2) is 5.82 Å². The van der Waals surface area contributed by atoms with E-state index in [2.05, 4.69) is 29.6 Å². The second kappa shape index (κ2) is 4.93. The second-order valence-electron chi connectivity index (χ2n) is 6.83.